The summed E-state index contributed by atoms with van der Waals surface area (Å²) < 4.78 is 6.95. The lowest BCUT2D eigenvalue weighted by atomic mass is 9.93. The van der Waals surface area contributed by atoms with Gasteiger partial charge in [0.25, 0.3) is 0 Å². The maximum Gasteiger partial charge on any atom is 0.197 e. The van der Waals surface area contributed by atoms with Crippen molar-refractivity contribution in [3.63, 3.8) is 0 Å². The van der Waals surface area contributed by atoms with E-state index in [4.69, 9.17) is 14.4 Å². The molecule has 2 heterocycles. The van der Waals surface area contributed by atoms with Gasteiger partial charge in [-0.2, -0.15) is 0 Å². The average Bonchev–Trinajstić information content (AvgIpc) is 3.40. The number of hydrogen-bond donors (Lipinski definition) is 0. The highest BCUT2D eigenvalue weighted by Crippen LogP contribution is 2.53. The number of nitrogens with zero attached hydrogens (tertiary/aromatic N) is 2. The number of para-hydroxylation sites is 1. The first-order valence-corrected chi connectivity index (χ1v) is 13.9. The third-order valence-corrected chi connectivity index (χ3v) is 8.24. The second-order valence-electron chi connectivity index (χ2n) is 10.5. The second-order valence-corrected chi connectivity index (χ2v) is 10.5. The van der Waals surface area contributed by atoms with Gasteiger partial charge < -0.3 is 4.42 Å². The topological polar surface area (TPSA) is 38.9 Å². The van der Waals surface area contributed by atoms with Crippen LogP contribution in [0.1, 0.15) is 0 Å². The summed E-state index contributed by atoms with van der Waals surface area (Å²) in [6, 6.07) is 46.6. The number of fused-ring (bicyclic) bond motifs is 8. The quantitative estimate of drug-likeness (QED) is 0.227. The van der Waals surface area contributed by atoms with Crippen molar-refractivity contribution in [1.82, 2.24) is 9.97 Å². The number of rotatable bonds is 2. The summed E-state index contributed by atoms with van der Waals surface area (Å²) in [6.07, 6.45) is 0. The van der Waals surface area contributed by atoms with Gasteiger partial charge in [-0.15, -0.1) is 0 Å². The molecule has 0 aliphatic heterocycles. The van der Waals surface area contributed by atoms with E-state index in [2.05, 4.69) is 103 Å². The van der Waals surface area contributed by atoms with Crippen LogP contribution >= 0.6 is 0 Å². The Balaban J connectivity index is 1.48. The van der Waals surface area contributed by atoms with Crippen LogP contribution in [0.25, 0.3) is 88.9 Å². The van der Waals surface area contributed by atoms with E-state index < -0.39 is 0 Å². The number of hydrogen-bond acceptors (Lipinski definition) is 3. The van der Waals surface area contributed by atoms with E-state index in [-0.39, 0.29) is 0 Å². The molecule has 0 saturated carbocycles. The molecule has 0 N–H and O–H groups in total. The van der Waals surface area contributed by atoms with Gasteiger partial charge >= 0.3 is 0 Å². The Labute approximate surface area is 236 Å². The molecule has 2 aromatic heterocycles. The number of benzene rings is 6. The SMILES string of the molecule is c1ccc(-c2nc(-c3oc4c5c(cc6ccccc64)-c4ccccc4-c4ccccc4-c35)nc3ccccc23)cc1. The molecular formula is C38H22N2O. The zero-order valence-electron chi connectivity index (χ0n) is 22.0. The molecule has 41 heavy (non-hydrogen) atoms. The molecule has 1 aliphatic carbocycles. The fourth-order valence-electron chi connectivity index (χ4n) is 6.45. The average molecular weight is 523 g/mol. The van der Waals surface area contributed by atoms with Crippen LogP contribution in [-0.2, 0) is 0 Å². The molecule has 3 heteroatoms. The Kier molecular flexibility index (Phi) is 4.61. The maximum absolute atomic E-state index is 6.95. The van der Waals surface area contributed by atoms with Gasteiger partial charge in [-0.1, -0.05) is 121 Å². The summed E-state index contributed by atoms with van der Waals surface area (Å²) >= 11 is 0. The second kappa shape index (κ2) is 8.48. The predicted octanol–water partition coefficient (Wildman–Crippen LogP) is 10.2. The third kappa shape index (κ3) is 3.20. The Morgan fingerprint density at radius 3 is 1.90 bits per heavy atom. The molecule has 0 unspecified atom stereocenters. The molecule has 8 aromatic rings. The van der Waals surface area contributed by atoms with Crippen molar-refractivity contribution in [2.75, 3.05) is 0 Å². The standard InChI is InChI=1S/C38H22N2O/c1-2-12-23(13-3-1)35-30-20-10-11-21-32(30)39-38(40-35)37-33-29-19-9-8-17-27(29)26-16-6-7-18-28(26)31-22-24-14-4-5-15-25(24)36(41-37)34(31)33/h1-22H. The van der Waals surface area contributed by atoms with E-state index in [1.807, 2.05) is 30.3 Å². The van der Waals surface area contributed by atoms with Crippen LogP contribution in [0.5, 0.6) is 0 Å². The molecule has 6 aromatic carbocycles. The van der Waals surface area contributed by atoms with E-state index in [9.17, 15) is 0 Å². The van der Waals surface area contributed by atoms with Crippen LogP contribution < -0.4 is 0 Å². The van der Waals surface area contributed by atoms with Crippen LogP contribution in [0.4, 0.5) is 0 Å². The molecular weight excluding hydrogens is 500 g/mol. The first-order valence-electron chi connectivity index (χ1n) is 13.9. The number of aromatic nitrogens is 2. The van der Waals surface area contributed by atoms with Crippen molar-refractivity contribution in [3.05, 3.63) is 133 Å². The molecule has 0 saturated heterocycles. The summed E-state index contributed by atoms with van der Waals surface area (Å²) in [5.41, 5.74) is 10.6. The zero-order valence-corrected chi connectivity index (χ0v) is 22.0. The Morgan fingerprint density at radius 1 is 0.488 bits per heavy atom. The molecule has 0 bridgehead atoms. The van der Waals surface area contributed by atoms with Crippen LogP contribution in [-0.4, -0.2) is 9.97 Å². The zero-order chi connectivity index (χ0) is 26.9. The monoisotopic (exact) mass is 522 g/mol. The highest BCUT2D eigenvalue weighted by atomic mass is 16.3. The van der Waals surface area contributed by atoms with Crippen LogP contribution in [0.3, 0.4) is 0 Å². The normalized spacial score (nSPS) is 11.9. The fourth-order valence-corrected chi connectivity index (χ4v) is 6.45. The highest BCUT2D eigenvalue weighted by Gasteiger charge is 2.30. The molecule has 0 fully saturated rings. The van der Waals surface area contributed by atoms with Crippen LogP contribution in [0, 0.1) is 0 Å². The third-order valence-electron chi connectivity index (χ3n) is 8.24. The first kappa shape index (κ1) is 22.3. The van der Waals surface area contributed by atoms with Crippen molar-refractivity contribution >= 4 is 32.6 Å². The highest BCUT2D eigenvalue weighted by molar-refractivity contribution is 6.22. The summed E-state index contributed by atoms with van der Waals surface area (Å²) in [7, 11) is 0. The molecule has 0 radical (unpaired) electrons. The van der Waals surface area contributed by atoms with Crippen molar-refractivity contribution in [1.29, 1.82) is 0 Å². The lowest BCUT2D eigenvalue weighted by Gasteiger charge is -2.12. The Bertz CT molecular complexity index is 2310. The van der Waals surface area contributed by atoms with Crippen molar-refractivity contribution in [2.24, 2.45) is 0 Å². The molecule has 190 valence electrons. The van der Waals surface area contributed by atoms with Gasteiger partial charge in [-0.25, -0.2) is 9.97 Å². The molecule has 0 spiro atoms. The minimum absolute atomic E-state index is 0.588. The van der Waals surface area contributed by atoms with E-state index in [0.29, 0.717) is 11.6 Å². The van der Waals surface area contributed by atoms with Gasteiger partial charge in [0.15, 0.2) is 11.6 Å². The van der Waals surface area contributed by atoms with Gasteiger partial charge in [0.1, 0.15) is 5.58 Å². The van der Waals surface area contributed by atoms with E-state index in [0.717, 1.165) is 55.0 Å². The summed E-state index contributed by atoms with van der Waals surface area (Å²) in [5, 5.41) is 4.35. The van der Waals surface area contributed by atoms with Crippen molar-refractivity contribution in [3.8, 4) is 56.2 Å². The minimum atomic E-state index is 0.588. The van der Waals surface area contributed by atoms with Crippen molar-refractivity contribution < 1.29 is 4.42 Å². The molecule has 3 nitrogen and oxygen atoms in total. The summed E-state index contributed by atoms with van der Waals surface area (Å²) in [6.45, 7) is 0. The maximum atomic E-state index is 6.95. The molecule has 1 aliphatic rings. The summed E-state index contributed by atoms with van der Waals surface area (Å²) in [5.74, 6) is 1.28. The number of furan rings is 1. The smallest absolute Gasteiger partial charge is 0.197 e. The lowest BCUT2D eigenvalue weighted by Crippen LogP contribution is -1.95. The van der Waals surface area contributed by atoms with E-state index in [1.54, 1.807) is 0 Å². The van der Waals surface area contributed by atoms with Gasteiger partial charge in [-0.3, -0.25) is 0 Å². The van der Waals surface area contributed by atoms with Gasteiger partial charge in [0, 0.05) is 27.3 Å². The van der Waals surface area contributed by atoms with Crippen LogP contribution in [0.2, 0.25) is 0 Å². The Morgan fingerprint density at radius 2 is 1.10 bits per heavy atom. The predicted molar refractivity (Wildman–Crippen MR) is 168 cm³/mol. The lowest BCUT2D eigenvalue weighted by molar-refractivity contribution is 0.630. The van der Waals surface area contributed by atoms with Gasteiger partial charge in [0.05, 0.1) is 11.2 Å². The van der Waals surface area contributed by atoms with Gasteiger partial charge in [0.2, 0.25) is 0 Å². The molecule has 0 amide bonds. The first-order chi connectivity index (χ1) is 20.3. The molecule has 0 atom stereocenters. The molecule has 9 rings (SSSR count). The van der Waals surface area contributed by atoms with E-state index in [1.165, 1.54) is 22.3 Å². The largest absolute Gasteiger partial charge is 0.451 e. The summed E-state index contributed by atoms with van der Waals surface area (Å²) in [4.78, 5) is 10.3. The minimum Gasteiger partial charge on any atom is -0.451 e. The Hall–Kier alpha value is -5.54. The van der Waals surface area contributed by atoms with Crippen LogP contribution in [0.15, 0.2) is 138 Å². The van der Waals surface area contributed by atoms with E-state index >= 15 is 0 Å². The van der Waals surface area contributed by atoms with Gasteiger partial charge in [-0.05, 0) is 45.3 Å². The fraction of sp³-hybridized carbons (Fsp3) is 0. The van der Waals surface area contributed by atoms with Crippen molar-refractivity contribution in [2.45, 2.75) is 0 Å².